The third kappa shape index (κ3) is 4.02. The molecule has 168 valence electrons. The molecule has 0 aromatic heterocycles. The van der Waals surface area contributed by atoms with Gasteiger partial charge < -0.3 is 15.5 Å². The molecule has 1 amide bonds. The Morgan fingerprint density at radius 1 is 1.42 bits per heavy atom. The fourth-order valence-electron chi connectivity index (χ4n) is 5.96. The first-order valence-corrected chi connectivity index (χ1v) is 11.6. The fourth-order valence-corrected chi connectivity index (χ4v) is 5.96. The van der Waals surface area contributed by atoms with E-state index in [1.165, 1.54) is 18.4 Å². The van der Waals surface area contributed by atoms with E-state index in [0.29, 0.717) is 22.9 Å². The normalized spacial score (nSPS) is 29.8. The standard InChI is InChI=1S/C25H31FN4O.2H2/c1-30-8-6-25(7-9-30)13-19(14-25)16-2-3-17(22(26)12-16)10-21(15-27)29-24(31)23-18-4-5-20(11-18)28-23;;/h2-3,12-13,18,20-21,23,28H,4-11,14H2,1H3,(H,29,31);2*1H/t18-,20?,21-,23-;;/m0../s1. The molecule has 31 heavy (non-hydrogen) atoms. The van der Waals surface area contributed by atoms with E-state index in [1.54, 1.807) is 12.1 Å². The maximum Gasteiger partial charge on any atom is 0.238 e. The van der Waals surface area contributed by atoms with Crippen LogP contribution < -0.4 is 10.6 Å². The van der Waals surface area contributed by atoms with Crippen molar-refractivity contribution < 1.29 is 12.0 Å². The molecule has 1 aromatic rings. The van der Waals surface area contributed by atoms with E-state index in [-0.39, 0.29) is 27.0 Å². The Kier molecular flexibility index (Phi) is 5.35. The third-order valence-electron chi connectivity index (χ3n) is 7.97. The van der Waals surface area contributed by atoms with Gasteiger partial charge in [0.2, 0.25) is 5.91 Å². The monoisotopic (exact) mass is 426 g/mol. The summed E-state index contributed by atoms with van der Waals surface area (Å²) in [5, 5.41) is 15.7. The average Bonchev–Trinajstić information content (AvgIpc) is 3.37. The second kappa shape index (κ2) is 8.03. The summed E-state index contributed by atoms with van der Waals surface area (Å²) in [6, 6.07) is 6.96. The van der Waals surface area contributed by atoms with Crippen LogP contribution in [0.5, 0.6) is 0 Å². The van der Waals surface area contributed by atoms with Crippen molar-refractivity contribution in [3.63, 3.8) is 0 Å². The van der Waals surface area contributed by atoms with Gasteiger partial charge in [-0.1, -0.05) is 18.2 Å². The van der Waals surface area contributed by atoms with Gasteiger partial charge in [-0.2, -0.15) is 5.26 Å². The molecule has 5 nitrogen and oxygen atoms in total. The summed E-state index contributed by atoms with van der Waals surface area (Å²) in [4.78, 5) is 15.0. The van der Waals surface area contributed by atoms with E-state index in [1.807, 2.05) is 6.07 Å². The van der Waals surface area contributed by atoms with Crippen molar-refractivity contribution >= 4 is 11.5 Å². The van der Waals surface area contributed by atoms with Crippen LogP contribution in [-0.4, -0.2) is 49.1 Å². The van der Waals surface area contributed by atoms with E-state index < -0.39 is 6.04 Å². The summed E-state index contributed by atoms with van der Waals surface area (Å²) in [5.74, 6) is -0.0573. The maximum atomic E-state index is 14.8. The number of piperidine rings is 2. The Labute approximate surface area is 186 Å². The number of nitriles is 1. The molecule has 3 fully saturated rings. The molecule has 4 aliphatic rings. The maximum absolute atomic E-state index is 14.8. The number of rotatable bonds is 5. The molecule has 1 unspecified atom stereocenters. The number of benzene rings is 1. The first-order valence-electron chi connectivity index (χ1n) is 11.6. The average molecular weight is 427 g/mol. The summed E-state index contributed by atoms with van der Waals surface area (Å²) in [5.41, 5.74) is 2.95. The van der Waals surface area contributed by atoms with E-state index in [0.717, 1.165) is 44.3 Å². The Morgan fingerprint density at radius 2 is 2.19 bits per heavy atom. The Bertz CT molecular complexity index is 954. The molecule has 2 N–H and O–H groups in total. The van der Waals surface area contributed by atoms with Crippen molar-refractivity contribution in [3.8, 4) is 6.07 Å². The highest BCUT2D eigenvalue weighted by atomic mass is 19.1. The van der Waals surface area contributed by atoms with Gasteiger partial charge in [-0.15, -0.1) is 0 Å². The van der Waals surface area contributed by atoms with Gasteiger partial charge in [0.05, 0.1) is 12.1 Å². The molecule has 2 heterocycles. The molecule has 1 aromatic carbocycles. The van der Waals surface area contributed by atoms with Crippen molar-refractivity contribution in [2.75, 3.05) is 20.1 Å². The number of hydrogen-bond donors (Lipinski definition) is 2. The number of likely N-dealkylation sites (tertiary alicyclic amines) is 1. The fraction of sp³-hybridized carbons (Fsp3) is 0.600. The summed E-state index contributed by atoms with van der Waals surface area (Å²) in [7, 11) is 2.16. The van der Waals surface area contributed by atoms with Gasteiger partial charge in [0, 0.05) is 15.3 Å². The van der Waals surface area contributed by atoms with Gasteiger partial charge in [0.15, 0.2) is 0 Å². The van der Waals surface area contributed by atoms with Gasteiger partial charge in [0.25, 0.3) is 0 Å². The Balaban J connectivity index is 0.00000153. The van der Waals surface area contributed by atoms with Crippen molar-refractivity contribution in [2.24, 2.45) is 11.3 Å². The zero-order valence-electron chi connectivity index (χ0n) is 18.2. The predicted octanol–water partition coefficient (Wildman–Crippen LogP) is 3.51. The molecule has 2 bridgehead atoms. The lowest BCUT2D eigenvalue weighted by molar-refractivity contribution is -0.124. The van der Waals surface area contributed by atoms with Crippen LogP contribution >= 0.6 is 0 Å². The van der Waals surface area contributed by atoms with Crippen molar-refractivity contribution in [1.82, 2.24) is 15.5 Å². The molecule has 5 rings (SSSR count). The number of fused-ring (bicyclic) bond motifs is 2. The molecule has 4 atom stereocenters. The minimum atomic E-state index is -0.723. The van der Waals surface area contributed by atoms with Crippen molar-refractivity contribution in [2.45, 2.75) is 63.1 Å². The van der Waals surface area contributed by atoms with E-state index in [9.17, 15) is 14.4 Å². The molecule has 1 spiro atoms. The number of carbonyl (C=O) groups excluding carboxylic acids is 1. The lowest BCUT2D eigenvalue weighted by Crippen LogP contribution is -2.50. The summed E-state index contributed by atoms with van der Waals surface area (Å²) >= 11 is 0. The molecule has 2 aliphatic heterocycles. The van der Waals surface area contributed by atoms with Crippen molar-refractivity contribution in [3.05, 3.63) is 41.2 Å². The van der Waals surface area contributed by atoms with E-state index in [2.05, 4.69) is 34.7 Å². The van der Waals surface area contributed by atoms with Crippen LogP contribution in [0.4, 0.5) is 4.39 Å². The number of carbonyl (C=O) groups is 1. The summed E-state index contributed by atoms with van der Waals surface area (Å²) < 4.78 is 14.8. The zero-order chi connectivity index (χ0) is 21.6. The second-order valence-corrected chi connectivity index (χ2v) is 10.1. The second-order valence-electron chi connectivity index (χ2n) is 10.1. The van der Waals surface area contributed by atoms with Gasteiger partial charge >= 0.3 is 0 Å². The SMILES string of the molecule is CN1CCC2(C=C(c3ccc(C[C@@H](C#N)NC(=O)[C@H]4NC5CC[C@H]4C5)c(F)c3)C2)CC1.[HH].[HH]. The summed E-state index contributed by atoms with van der Waals surface area (Å²) in [6.45, 7) is 2.24. The zero-order valence-corrected chi connectivity index (χ0v) is 18.2. The largest absolute Gasteiger partial charge is 0.339 e. The summed E-state index contributed by atoms with van der Waals surface area (Å²) in [6.07, 6.45) is 9.13. The first kappa shape index (κ1) is 20.7. The van der Waals surface area contributed by atoms with Crippen LogP contribution in [0.1, 0.15) is 52.5 Å². The van der Waals surface area contributed by atoms with Crippen LogP contribution in [0.3, 0.4) is 0 Å². The van der Waals surface area contributed by atoms with E-state index in [4.69, 9.17) is 0 Å². The molecule has 6 heteroatoms. The third-order valence-corrected chi connectivity index (χ3v) is 7.97. The van der Waals surface area contributed by atoms with Gasteiger partial charge in [-0.05, 0) is 92.8 Å². The van der Waals surface area contributed by atoms with Crippen LogP contribution in [0, 0.1) is 28.5 Å². The molecule has 1 saturated carbocycles. The predicted molar refractivity (Wildman–Crippen MR) is 122 cm³/mol. The molecule has 2 aliphatic carbocycles. The van der Waals surface area contributed by atoms with Crippen LogP contribution in [0.15, 0.2) is 24.3 Å². The number of amides is 1. The van der Waals surface area contributed by atoms with Gasteiger partial charge in [-0.3, -0.25) is 4.79 Å². The lowest BCUT2D eigenvalue weighted by Gasteiger charge is -2.45. The van der Waals surface area contributed by atoms with Crippen LogP contribution in [-0.2, 0) is 11.2 Å². The van der Waals surface area contributed by atoms with Crippen LogP contribution in [0.25, 0.3) is 5.57 Å². The molecule has 0 radical (unpaired) electrons. The smallest absolute Gasteiger partial charge is 0.238 e. The number of nitrogens with one attached hydrogen (secondary N) is 2. The van der Waals surface area contributed by atoms with Gasteiger partial charge in [-0.25, -0.2) is 4.39 Å². The number of allylic oxidation sites excluding steroid dienone is 2. The molecule has 2 saturated heterocycles. The quantitative estimate of drug-likeness (QED) is 0.756. The number of nitrogens with zero attached hydrogens (tertiary/aromatic N) is 2. The van der Waals surface area contributed by atoms with Crippen LogP contribution in [0.2, 0.25) is 0 Å². The van der Waals surface area contributed by atoms with Crippen molar-refractivity contribution in [1.29, 1.82) is 5.26 Å². The Hall–Kier alpha value is -2.23. The van der Waals surface area contributed by atoms with Gasteiger partial charge in [0.1, 0.15) is 11.9 Å². The molecular formula is C25H35FN4O. The van der Waals surface area contributed by atoms with E-state index >= 15 is 0 Å². The topological polar surface area (TPSA) is 68.2 Å². The first-order chi connectivity index (χ1) is 14.9. The minimum absolute atomic E-state index is 0. The number of halogens is 1. The highest BCUT2D eigenvalue weighted by Gasteiger charge is 2.43. The number of hydrogen-bond acceptors (Lipinski definition) is 4. The Morgan fingerprint density at radius 3 is 2.81 bits per heavy atom. The molecular weight excluding hydrogens is 391 g/mol. The highest BCUT2D eigenvalue weighted by molar-refractivity contribution is 5.83. The minimum Gasteiger partial charge on any atom is -0.339 e. The highest BCUT2D eigenvalue weighted by Crippen LogP contribution is 2.50. The lowest BCUT2D eigenvalue weighted by atomic mass is 9.64.